The van der Waals surface area contributed by atoms with Gasteiger partial charge in [0.15, 0.2) is 11.5 Å². The minimum atomic E-state index is -0.629. The Morgan fingerprint density at radius 1 is 1.00 bits per heavy atom. The number of pyridine rings is 1. The number of hydrogen-bond acceptors (Lipinski definition) is 7. The standard InChI is InChI=1S/C33H29N9O3/c1-19(30(35)43)28-23(18-37-40(28)3)14-13-21-9-7-10-22-17-25(42(33(45)26(21)22)24-11-5-4-6-12-24)20(2)38-32(44)27-29(34)39-41-16-8-15-36-31(27)41/h4-12,15-20H,1-3H3,(H2,34,39)(H2,35,43)(H,38,44). The number of nitrogens with two attached hydrogens (primary N) is 2. The zero-order valence-corrected chi connectivity index (χ0v) is 24.7. The molecule has 0 saturated heterocycles. The minimum Gasteiger partial charge on any atom is -0.381 e. The molecule has 0 radical (unpaired) electrons. The first-order valence-corrected chi connectivity index (χ1v) is 14.1. The molecule has 2 aromatic carbocycles. The number of benzene rings is 2. The van der Waals surface area contributed by atoms with Crippen molar-refractivity contribution >= 4 is 34.1 Å². The van der Waals surface area contributed by atoms with E-state index >= 15 is 0 Å². The van der Waals surface area contributed by atoms with Crippen molar-refractivity contribution in [2.45, 2.75) is 25.8 Å². The zero-order chi connectivity index (χ0) is 31.8. The highest BCUT2D eigenvalue weighted by Crippen LogP contribution is 2.25. The van der Waals surface area contributed by atoms with Gasteiger partial charge in [0.1, 0.15) is 5.56 Å². The van der Waals surface area contributed by atoms with Crippen molar-refractivity contribution in [1.29, 1.82) is 0 Å². The Balaban J connectivity index is 1.47. The maximum Gasteiger partial charge on any atom is 0.264 e. The molecule has 2 amide bonds. The first-order chi connectivity index (χ1) is 21.7. The SMILES string of the molecule is CC(NC(=O)c1c(N)nn2cccnc12)c1cc2cccc(C#Cc3cnn(C)c3C(C)C(N)=O)c2c(=O)n1-c1ccccc1. The molecule has 6 rings (SSSR count). The average Bonchev–Trinajstić information content (AvgIpc) is 3.57. The third kappa shape index (κ3) is 5.16. The minimum absolute atomic E-state index is 0.0440. The van der Waals surface area contributed by atoms with E-state index in [2.05, 4.69) is 32.3 Å². The van der Waals surface area contributed by atoms with E-state index in [9.17, 15) is 14.4 Å². The van der Waals surface area contributed by atoms with Gasteiger partial charge in [0.25, 0.3) is 11.5 Å². The van der Waals surface area contributed by atoms with Crippen LogP contribution in [0.4, 0.5) is 5.82 Å². The lowest BCUT2D eigenvalue weighted by molar-refractivity contribution is -0.119. The summed E-state index contributed by atoms with van der Waals surface area (Å²) in [7, 11) is 1.72. The Bertz CT molecular complexity index is 2240. The first-order valence-electron chi connectivity index (χ1n) is 14.1. The molecule has 0 aliphatic carbocycles. The maximum absolute atomic E-state index is 14.4. The van der Waals surface area contributed by atoms with Crippen LogP contribution >= 0.6 is 0 Å². The maximum atomic E-state index is 14.4. The van der Waals surface area contributed by atoms with E-state index in [0.29, 0.717) is 44.6 Å². The number of nitrogen functional groups attached to an aromatic ring is 1. The van der Waals surface area contributed by atoms with E-state index in [0.717, 1.165) is 0 Å². The Morgan fingerprint density at radius 2 is 1.76 bits per heavy atom. The van der Waals surface area contributed by atoms with Gasteiger partial charge in [-0.15, -0.1) is 5.10 Å². The molecule has 12 heteroatoms. The molecule has 6 aromatic rings. The summed E-state index contributed by atoms with van der Waals surface area (Å²) >= 11 is 0. The van der Waals surface area contributed by atoms with Crippen LogP contribution in [0.3, 0.4) is 0 Å². The fourth-order valence-electron chi connectivity index (χ4n) is 5.44. The van der Waals surface area contributed by atoms with Gasteiger partial charge in [0, 0.05) is 36.4 Å². The van der Waals surface area contributed by atoms with Gasteiger partial charge in [0.2, 0.25) is 5.91 Å². The highest BCUT2D eigenvalue weighted by molar-refractivity contribution is 6.04. The van der Waals surface area contributed by atoms with Crippen molar-refractivity contribution in [1.82, 2.24) is 34.3 Å². The summed E-state index contributed by atoms with van der Waals surface area (Å²) < 4.78 is 4.58. The summed E-state index contributed by atoms with van der Waals surface area (Å²) in [4.78, 5) is 44.0. The van der Waals surface area contributed by atoms with Crippen molar-refractivity contribution in [3.63, 3.8) is 0 Å². The van der Waals surface area contributed by atoms with E-state index in [4.69, 9.17) is 11.5 Å². The number of carbonyl (C=O) groups is 2. The van der Waals surface area contributed by atoms with Crippen molar-refractivity contribution in [3.05, 3.63) is 118 Å². The predicted octanol–water partition coefficient (Wildman–Crippen LogP) is 2.83. The Kier molecular flexibility index (Phi) is 7.35. The Morgan fingerprint density at radius 3 is 2.51 bits per heavy atom. The topological polar surface area (TPSA) is 168 Å². The lowest BCUT2D eigenvalue weighted by atomic mass is 10.0. The van der Waals surface area contributed by atoms with Crippen LogP contribution in [-0.2, 0) is 11.8 Å². The first kappa shape index (κ1) is 28.9. The van der Waals surface area contributed by atoms with Crippen LogP contribution in [0.25, 0.3) is 22.1 Å². The summed E-state index contributed by atoms with van der Waals surface area (Å²) in [5.74, 6) is 4.69. The summed E-state index contributed by atoms with van der Waals surface area (Å²) in [6.45, 7) is 3.49. The molecule has 0 aliphatic rings. The molecular weight excluding hydrogens is 570 g/mol. The molecule has 4 heterocycles. The normalized spacial score (nSPS) is 12.4. The number of anilines is 1. The largest absolute Gasteiger partial charge is 0.381 e. The van der Waals surface area contributed by atoms with Crippen LogP contribution in [0.2, 0.25) is 0 Å². The van der Waals surface area contributed by atoms with Gasteiger partial charge in [-0.25, -0.2) is 9.50 Å². The molecule has 2 unspecified atom stereocenters. The van der Waals surface area contributed by atoms with Gasteiger partial charge in [-0.2, -0.15) is 5.10 Å². The number of carbonyl (C=O) groups excluding carboxylic acids is 2. The van der Waals surface area contributed by atoms with Crippen molar-refractivity contribution in [3.8, 4) is 17.5 Å². The van der Waals surface area contributed by atoms with Crippen molar-refractivity contribution in [2.24, 2.45) is 12.8 Å². The number of aryl methyl sites for hydroxylation is 1. The van der Waals surface area contributed by atoms with Gasteiger partial charge < -0.3 is 16.8 Å². The molecule has 224 valence electrons. The number of rotatable bonds is 6. The van der Waals surface area contributed by atoms with E-state index in [1.54, 1.807) is 60.9 Å². The predicted molar refractivity (Wildman–Crippen MR) is 170 cm³/mol. The number of hydrogen-bond donors (Lipinski definition) is 3. The van der Waals surface area contributed by atoms with Crippen LogP contribution in [0.1, 0.15) is 58.7 Å². The second-order valence-corrected chi connectivity index (χ2v) is 10.6. The summed E-state index contributed by atoms with van der Waals surface area (Å²) in [6, 6.07) is 17.5. The molecular formula is C33H29N9O3. The lowest BCUT2D eigenvalue weighted by Crippen LogP contribution is -2.32. The molecule has 0 saturated carbocycles. The Labute approximate surface area is 257 Å². The zero-order valence-electron chi connectivity index (χ0n) is 24.7. The summed E-state index contributed by atoms with van der Waals surface area (Å²) in [6.07, 6.45) is 4.79. The second-order valence-electron chi connectivity index (χ2n) is 10.6. The van der Waals surface area contributed by atoms with Crippen LogP contribution in [-0.4, -0.2) is 40.8 Å². The van der Waals surface area contributed by atoms with Crippen LogP contribution in [0, 0.1) is 11.8 Å². The van der Waals surface area contributed by atoms with Crippen molar-refractivity contribution < 1.29 is 9.59 Å². The molecule has 0 aliphatic heterocycles. The van der Waals surface area contributed by atoms with Gasteiger partial charge in [0.05, 0.1) is 34.8 Å². The fourth-order valence-corrected chi connectivity index (χ4v) is 5.44. The van der Waals surface area contributed by atoms with Gasteiger partial charge >= 0.3 is 0 Å². The van der Waals surface area contributed by atoms with E-state index in [-0.39, 0.29) is 16.9 Å². The van der Waals surface area contributed by atoms with E-state index in [1.807, 2.05) is 48.5 Å². The number of fused-ring (bicyclic) bond motifs is 2. The van der Waals surface area contributed by atoms with Gasteiger partial charge in [-0.3, -0.25) is 23.6 Å². The quantitative estimate of drug-likeness (QED) is 0.247. The monoisotopic (exact) mass is 599 g/mol. The fraction of sp³-hybridized carbons (Fsp3) is 0.152. The highest BCUT2D eigenvalue weighted by atomic mass is 16.2. The average molecular weight is 600 g/mol. The molecule has 0 bridgehead atoms. The third-order valence-corrected chi connectivity index (χ3v) is 7.68. The number of primary amides is 1. The smallest absolute Gasteiger partial charge is 0.264 e. The van der Waals surface area contributed by atoms with E-state index in [1.165, 1.54) is 4.52 Å². The molecule has 2 atom stereocenters. The number of nitrogens with zero attached hydrogens (tertiary/aromatic N) is 6. The molecule has 4 aromatic heterocycles. The van der Waals surface area contributed by atoms with E-state index < -0.39 is 23.8 Å². The number of nitrogens with one attached hydrogen (secondary N) is 1. The Hall–Kier alpha value is -6.22. The second kappa shape index (κ2) is 11.5. The van der Waals surface area contributed by atoms with Gasteiger partial charge in [-0.05, 0) is 49.6 Å². The molecule has 5 N–H and O–H groups in total. The third-order valence-electron chi connectivity index (χ3n) is 7.68. The van der Waals surface area contributed by atoms with Crippen LogP contribution in [0.5, 0.6) is 0 Å². The number of amides is 2. The highest BCUT2D eigenvalue weighted by Gasteiger charge is 2.24. The molecule has 45 heavy (non-hydrogen) atoms. The van der Waals surface area contributed by atoms with Crippen LogP contribution < -0.4 is 22.3 Å². The lowest BCUT2D eigenvalue weighted by Gasteiger charge is -2.21. The van der Waals surface area contributed by atoms with Crippen LogP contribution in [0.15, 0.2) is 84.0 Å². The molecule has 12 nitrogen and oxygen atoms in total. The molecule has 0 spiro atoms. The molecule has 0 fully saturated rings. The summed E-state index contributed by atoms with van der Waals surface area (Å²) in [5.41, 5.74) is 14.6. The van der Waals surface area contributed by atoms with Crippen molar-refractivity contribution in [2.75, 3.05) is 5.73 Å². The number of aromatic nitrogens is 6. The van der Waals surface area contributed by atoms with Gasteiger partial charge in [-0.1, -0.05) is 42.2 Å². The summed E-state index contributed by atoms with van der Waals surface area (Å²) in [5, 5.41) is 12.5. The number of para-hydroxylation sites is 1.